The highest BCUT2D eigenvalue weighted by molar-refractivity contribution is 7.98. The molecule has 0 N–H and O–H groups in total. The van der Waals surface area contributed by atoms with Crippen LogP contribution in [0.15, 0.2) is 57.6 Å². The molecule has 2 heterocycles. The number of thiophene rings is 1. The van der Waals surface area contributed by atoms with Gasteiger partial charge < -0.3 is 0 Å². The molecule has 0 saturated heterocycles. The van der Waals surface area contributed by atoms with Crippen molar-refractivity contribution >= 4 is 40.4 Å². The van der Waals surface area contributed by atoms with Crippen LogP contribution in [0.5, 0.6) is 0 Å². The minimum Gasteiger partial charge on any atom is -0.175 e. The Labute approximate surface area is 131 Å². The average molecular weight is 321 g/mol. The predicted molar refractivity (Wildman–Crippen MR) is 88.7 cm³/mol. The molecule has 102 valence electrons. The van der Waals surface area contributed by atoms with E-state index in [1.165, 1.54) is 10.5 Å². The van der Waals surface area contributed by atoms with Crippen molar-refractivity contribution in [2.24, 2.45) is 10.2 Å². The fourth-order valence-electron chi connectivity index (χ4n) is 2.21. The number of thioether (sulfide) groups is 1. The van der Waals surface area contributed by atoms with E-state index in [0.29, 0.717) is 0 Å². The average Bonchev–Trinajstić information content (AvgIpc) is 3.09. The van der Waals surface area contributed by atoms with Gasteiger partial charge in [0, 0.05) is 21.2 Å². The van der Waals surface area contributed by atoms with Crippen LogP contribution in [0.4, 0.5) is 0 Å². The molecule has 20 heavy (non-hydrogen) atoms. The van der Waals surface area contributed by atoms with E-state index in [1.807, 2.05) is 24.3 Å². The number of rotatable bonds is 4. The lowest BCUT2D eigenvalue weighted by atomic mass is 10.0. The van der Waals surface area contributed by atoms with Crippen molar-refractivity contribution in [2.75, 3.05) is 12.0 Å². The minimum absolute atomic E-state index is 0.0770. The molecular weight excluding hydrogens is 308 g/mol. The fraction of sp³-hybridized carbons (Fsp3) is 0.200. The van der Waals surface area contributed by atoms with Crippen LogP contribution < -0.4 is 0 Å². The smallest absolute Gasteiger partial charge is 0.130 e. The van der Waals surface area contributed by atoms with E-state index in [1.54, 1.807) is 23.1 Å². The third kappa shape index (κ3) is 2.68. The summed E-state index contributed by atoms with van der Waals surface area (Å²) in [5.74, 6) is 0.938. The molecule has 3 rings (SSSR count). The van der Waals surface area contributed by atoms with Gasteiger partial charge in [0.2, 0.25) is 0 Å². The Balaban J connectivity index is 2.02. The van der Waals surface area contributed by atoms with E-state index in [9.17, 15) is 0 Å². The zero-order valence-corrected chi connectivity index (χ0v) is 13.3. The first-order valence-electron chi connectivity index (χ1n) is 6.22. The summed E-state index contributed by atoms with van der Waals surface area (Å²) in [6, 6.07) is 12.1. The molecule has 1 atom stereocenters. The van der Waals surface area contributed by atoms with Crippen molar-refractivity contribution in [3.05, 3.63) is 62.8 Å². The van der Waals surface area contributed by atoms with E-state index in [-0.39, 0.29) is 6.04 Å². The summed E-state index contributed by atoms with van der Waals surface area (Å²) in [5.41, 5.74) is 3.36. The standard InChI is InChI=1S/C15H13ClN2S2/c1-19-9-12-14(10-4-6-11(16)7-5-10)17-18-15(12)13-3-2-8-20-13/h2-8,15H,9H2,1H3. The summed E-state index contributed by atoms with van der Waals surface area (Å²) in [6.07, 6.45) is 2.11. The molecule has 1 aliphatic rings. The molecule has 1 unspecified atom stereocenters. The molecule has 0 spiro atoms. The minimum atomic E-state index is 0.0770. The molecule has 0 saturated carbocycles. The molecule has 1 aliphatic heterocycles. The van der Waals surface area contributed by atoms with E-state index < -0.39 is 0 Å². The maximum absolute atomic E-state index is 5.95. The molecule has 2 nitrogen and oxygen atoms in total. The van der Waals surface area contributed by atoms with Crippen LogP contribution in [-0.4, -0.2) is 12.0 Å². The van der Waals surface area contributed by atoms with Gasteiger partial charge in [0.25, 0.3) is 0 Å². The van der Waals surface area contributed by atoms with Gasteiger partial charge >= 0.3 is 0 Å². The molecule has 5 heteroatoms. The highest BCUT2D eigenvalue weighted by atomic mass is 35.5. The summed E-state index contributed by atoms with van der Waals surface area (Å²) >= 11 is 9.49. The lowest BCUT2D eigenvalue weighted by Gasteiger charge is -2.10. The zero-order valence-electron chi connectivity index (χ0n) is 10.9. The number of azo groups is 1. The Bertz CT molecular complexity index is 645. The molecule has 0 bridgehead atoms. The molecule has 0 radical (unpaired) electrons. The van der Waals surface area contributed by atoms with Gasteiger partial charge in [-0.3, -0.25) is 0 Å². The van der Waals surface area contributed by atoms with Crippen LogP contribution in [0.3, 0.4) is 0 Å². The van der Waals surface area contributed by atoms with Crippen LogP contribution in [0.1, 0.15) is 16.5 Å². The van der Waals surface area contributed by atoms with E-state index in [0.717, 1.165) is 22.0 Å². The topological polar surface area (TPSA) is 24.7 Å². The molecule has 0 amide bonds. The molecule has 0 aliphatic carbocycles. The van der Waals surface area contributed by atoms with Crippen LogP contribution in [0.25, 0.3) is 5.70 Å². The van der Waals surface area contributed by atoms with Gasteiger partial charge in [0.05, 0.1) is 5.70 Å². The van der Waals surface area contributed by atoms with Crippen molar-refractivity contribution in [1.29, 1.82) is 0 Å². The van der Waals surface area contributed by atoms with E-state index in [4.69, 9.17) is 11.6 Å². The summed E-state index contributed by atoms with van der Waals surface area (Å²) in [7, 11) is 0. The molecular formula is C15H13ClN2S2. The predicted octanol–water partition coefficient (Wildman–Crippen LogP) is 5.68. The molecule has 1 aromatic carbocycles. The van der Waals surface area contributed by atoms with E-state index in [2.05, 4.69) is 34.0 Å². The largest absolute Gasteiger partial charge is 0.175 e. The Kier molecular flexibility index (Phi) is 4.24. The lowest BCUT2D eigenvalue weighted by Crippen LogP contribution is -1.99. The Morgan fingerprint density at radius 3 is 2.70 bits per heavy atom. The van der Waals surface area contributed by atoms with Gasteiger partial charge in [0.15, 0.2) is 0 Å². The number of hydrogen-bond acceptors (Lipinski definition) is 4. The number of hydrogen-bond donors (Lipinski definition) is 0. The molecule has 2 aromatic rings. The highest BCUT2D eigenvalue weighted by Crippen LogP contribution is 2.41. The summed E-state index contributed by atoms with van der Waals surface area (Å²) in [5, 5.41) is 11.7. The first-order valence-corrected chi connectivity index (χ1v) is 8.87. The second-order valence-electron chi connectivity index (χ2n) is 4.45. The molecule has 1 aromatic heterocycles. The van der Waals surface area contributed by atoms with Gasteiger partial charge in [0.1, 0.15) is 6.04 Å². The second kappa shape index (κ2) is 6.12. The third-order valence-electron chi connectivity index (χ3n) is 3.14. The van der Waals surface area contributed by atoms with Crippen molar-refractivity contribution < 1.29 is 0 Å². The highest BCUT2D eigenvalue weighted by Gasteiger charge is 2.26. The van der Waals surface area contributed by atoms with E-state index >= 15 is 0 Å². The van der Waals surface area contributed by atoms with Gasteiger partial charge in [-0.2, -0.15) is 22.0 Å². The normalized spacial score (nSPS) is 18.0. The summed E-state index contributed by atoms with van der Waals surface area (Å²) < 4.78 is 0. The second-order valence-corrected chi connectivity index (χ2v) is 6.73. The number of nitrogens with zero attached hydrogens (tertiary/aromatic N) is 2. The number of halogens is 1. The molecule has 0 fully saturated rings. The van der Waals surface area contributed by atoms with Crippen molar-refractivity contribution in [3.8, 4) is 0 Å². The Morgan fingerprint density at radius 2 is 2.05 bits per heavy atom. The fourth-order valence-corrected chi connectivity index (χ4v) is 3.73. The first-order chi connectivity index (χ1) is 9.79. The van der Waals surface area contributed by atoms with Crippen molar-refractivity contribution in [1.82, 2.24) is 0 Å². The SMILES string of the molecule is CSCC1=C(c2ccc(Cl)cc2)N=NC1c1cccs1. The van der Waals surface area contributed by atoms with Crippen molar-refractivity contribution in [2.45, 2.75) is 6.04 Å². The third-order valence-corrected chi connectivity index (χ3v) is 4.91. The van der Waals surface area contributed by atoms with Gasteiger partial charge in [-0.15, -0.1) is 11.3 Å². The van der Waals surface area contributed by atoms with Crippen LogP contribution in [0.2, 0.25) is 5.02 Å². The Morgan fingerprint density at radius 1 is 1.25 bits per heavy atom. The van der Waals surface area contributed by atoms with Crippen LogP contribution >= 0.6 is 34.7 Å². The van der Waals surface area contributed by atoms with Crippen molar-refractivity contribution in [3.63, 3.8) is 0 Å². The monoisotopic (exact) mass is 320 g/mol. The maximum atomic E-state index is 5.95. The maximum Gasteiger partial charge on any atom is 0.130 e. The first kappa shape index (κ1) is 13.9. The summed E-state index contributed by atoms with van der Waals surface area (Å²) in [6.45, 7) is 0. The zero-order chi connectivity index (χ0) is 13.9. The lowest BCUT2D eigenvalue weighted by molar-refractivity contribution is 0.857. The van der Waals surface area contributed by atoms with Gasteiger partial charge in [-0.1, -0.05) is 29.8 Å². The quantitative estimate of drug-likeness (QED) is 0.711. The number of benzene rings is 1. The van der Waals surface area contributed by atoms with Gasteiger partial charge in [-0.05, 0) is 35.4 Å². The van der Waals surface area contributed by atoms with Crippen LogP contribution in [0, 0.1) is 0 Å². The Hall–Kier alpha value is -1.10. The van der Waals surface area contributed by atoms with Crippen LogP contribution in [-0.2, 0) is 0 Å². The summed E-state index contributed by atoms with van der Waals surface area (Å²) in [4.78, 5) is 1.25. The van der Waals surface area contributed by atoms with Gasteiger partial charge in [-0.25, -0.2) is 0 Å².